The van der Waals surface area contributed by atoms with E-state index in [-0.39, 0.29) is 36.7 Å². The van der Waals surface area contributed by atoms with E-state index in [1.807, 2.05) is 30.3 Å². The largest absolute Gasteiger partial charge is 0.424 e. The number of aryl methyl sites for hydroxylation is 1. The molecule has 0 aliphatic carbocycles. The minimum Gasteiger partial charge on any atom is -0.424 e. The van der Waals surface area contributed by atoms with Crippen molar-refractivity contribution in [3.63, 3.8) is 0 Å². The number of ether oxygens (including phenoxy) is 1. The normalized spacial score (nSPS) is 11.2. The SMILES string of the molecule is Cn1c(=O)n(CCCO)c(=O)c2c1nc(Oc1ccccc1Cl)n2Cc1ccccc1. The van der Waals surface area contributed by atoms with E-state index in [2.05, 4.69) is 4.98 Å². The van der Waals surface area contributed by atoms with Crippen LogP contribution >= 0.6 is 11.6 Å². The van der Waals surface area contributed by atoms with Crippen LogP contribution in [-0.2, 0) is 20.1 Å². The highest BCUT2D eigenvalue weighted by Gasteiger charge is 2.22. The number of aliphatic hydroxyl groups excluding tert-OH is 1. The lowest BCUT2D eigenvalue weighted by Gasteiger charge is -2.11. The van der Waals surface area contributed by atoms with E-state index in [1.165, 1.54) is 4.57 Å². The van der Waals surface area contributed by atoms with E-state index in [9.17, 15) is 9.59 Å². The fraction of sp³-hybridized carbons (Fsp3) is 0.227. The van der Waals surface area contributed by atoms with Gasteiger partial charge in [0.25, 0.3) is 5.56 Å². The number of imidazole rings is 1. The maximum Gasteiger partial charge on any atom is 0.332 e. The molecule has 0 spiro atoms. The van der Waals surface area contributed by atoms with Crippen LogP contribution in [0.25, 0.3) is 11.2 Å². The Labute approximate surface area is 182 Å². The van der Waals surface area contributed by atoms with Gasteiger partial charge in [-0.05, 0) is 24.1 Å². The van der Waals surface area contributed by atoms with Crippen LogP contribution in [0.4, 0.5) is 0 Å². The van der Waals surface area contributed by atoms with E-state index in [0.29, 0.717) is 17.3 Å². The van der Waals surface area contributed by atoms with Crippen molar-refractivity contribution in [1.29, 1.82) is 0 Å². The van der Waals surface area contributed by atoms with Gasteiger partial charge in [0, 0.05) is 20.2 Å². The first kappa shape index (κ1) is 20.9. The van der Waals surface area contributed by atoms with Gasteiger partial charge < -0.3 is 9.84 Å². The van der Waals surface area contributed by atoms with Crippen molar-refractivity contribution in [2.24, 2.45) is 7.05 Å². The van der Waals surface area contributed by atoms with E-state index in [1.54, 1.807) is 35.9 Å². The summed E-state index contributed by atoms with van der Waals surface area (Å²) >= 11 is 6.25. The third-order valence-corrected chi connectivity index (χ3v) is 5.27. The molecule has 0 atom stereocenters. The highest BCUT2D eigenvalue weighted by molar-refractivity contribution is 6.32. The van der Waals surface area contributed by atoms with Crippen LogP contribution in [0.15, 0.2) is 64.2 Å². The Morgan fingerprint density at radius 3 is 2.45 bits per heavy atom. The zero-order valence-corrected chi connectivity index (χ0v) is 17.6. The zero-order valence-electron chi connectivity index (χ0n) is 16.9. The fourth-order valence-electron chi connectivity index (χ4n) is 3.39. The van der Waals surface area contributed by atoms with Gasteiger partial charge in [0.05, 0.1) is 11.6 Å². The Morgan fingerprint density at radius 2 is 1.74 bits per heavy atom. The Kier molecular flexibility index (Phi) is 5.92. The molecule has 0 saturated heterocycles. The van der Waals surface area contributed by atoms with E-state index >= 15 is 0 Å². The molecule has 0 aliphatic rings. The molecule has 0 radical (unpaired) electrons. The van der Waals surface area contributed by atoms with Crippen LogP contribution in [0.2, 0.25) is 5.02 Å². The third-order valence-electron chi connectivity index (χ3n) is 4.96. The number of hydrogen-bond acceptors (Lipinski definition) is 5. The molecule has 1 N–H and O–H groups in total. The molecular formula is C22H21ClN4O4. The fourth-order valence-corrected chi connectivity index (χ4v) is 3.57. The number of rotatable bonds is 7. The van der Waals surface area contributed by atoms with Gasteiger partial charge in [0.2, 0.25) is 0 Å². The second kappa shape index (κ2) is 8.79. The number of aliphatic hydroxyl groups is 1. The molecule has 2 aromatic heterocycles. The van der Waals surface area contributed by atoms with Gasteiger partial charge in [0.1, 0.15) is 5.75 Å². The summed E-state index contributed by atoms with van der Waals surface area (Å²) in [5, 5.41) is 9.56. The average Bonchev–Trinajstić information content (AvgIpc) is 3.13. The summed E-state index contributed by atoms with van der Waals surface area (Å²) in [6, 6.07) is 16.7. The van der Waals surface area contributed by atoms with Crippen molar-refractivity contribution in [2.45, 2.75) is 19.5 Å². The van der Waals surface area contributed by atoms with Gasteiger partial charge >= 0.3 is 11.7 Å². The van der Waals surface area contributed by atoms with E-state index < -0.39 is 11.2 Å². The van der Waals surface area contributed by atoms with Crippen molar-refractivity contribution in [1.82, 2.24) is 18.7 Å². The van der Waals surface area contributed by atoms with Crippen LogP contribution in [0.1, 0.15) is 12.0 Å². The molecule has 0 bridgehead atoms. The molecule has 2 aromatic carbocycles. The molecule has 0 saturated carbocycles. The van der Waals surface area contributed by atoms with Gasteiger partial charge in [-0.1, -0.05) is 54.1 Å². The predicted octanol–water partition coefficient (Wildman–Crippen LogP) is 2.77. The predicted molar refractivity (Wildman–Crippen MR) is 118 cm³/mol. The Balaban J connectivity index is 1.95. The van der Waals surface area contributed by atoms with Crippen LogP contribution in [-0.4, -0.2) is 30.4 Å². The summed E-state index contributed by atoms with van der Waals surface area (Å²) in [5.74, 6) is 0.388. The second-order valence-electron chi connectivity index (χ2n) is 7.05. The summed E-state index contributed by atoms with van der Waals surface area (Å²) in [7, 11) is 1.55. The quantitative estimate of drug-likeness (QED) is 0.477. The summed E-state index contributed by atoms with van der Waals surface area (Å²) in [5.41, 5.74) is 0.406. The number of hydrogen-bond donors (Lipinski definition) is 1. The van der Waals surface area contributed by atoms with Crippen molar-refractivity contribution >= 4 is 22.8 Å². The number of aromatic nitrogens is 4. The number of fused-ring (bicyclic) bond motifs is 1. The van der Waals surface area contributed by atoms with Gasteiger partial charge in [0.15, 0.2) is 11.2 Å². The standard InChI is InChI=1S/C22H21ClN4O4/c1-25-19-18(20(29)26(22(25)30)12-7-13-28)27(14-15-8-3-2-4-9-15)21(24-19)31-17-11-6-5-10-16(17)23/h2-6,8-11,28H,7,12-14H2,1H3. The van der Waals surface area contributed by atoms with Crippen molar-refractivity contribution < 1.29 is 9.84 Å². The van der Waals surface area contributed by atoms with Crippen molar-refractivity contribution in [3.8, 4) is 11.8 Å². The second-order valence-corrected chi connectivity index (χ2v) is 7.45. The summed E-state index contributed by atoms with van der Waals surface area (Å²) < 4.78 is 10.1. The number of benzene rings is 2. The number of nitrogens with zero attached hydrogens (tertiary/aromatic N) is 4. The number of para-hydroxylation sites is 1. The minimum atomic E-state index is -0.500. The summed E-state index contributed by atoms with van der Waals surface area (Å²) in [4.78, 5) is 30.5. The lowest BCUT2D eigenvalue weighted by atomic mass is 10.2. The zero-order chi connectivity index (χ0) is 22.0. The van der Waals surface area contributed by atoms with Gasteiger partial charge in [-0.15, -0.1) is 0 Å². The molecule has 2 heterocycles. The molecule has 4 aromatic rings. The smallest absolute Gasteiger partial charge is 0.332 e. The van der Waals surface area contributed by atoms with Crippen molar-refractivity contribution in [2.75, 3.05) is 6.61 Å². The first-order valence-corrected chi connectivity index (χ1v) is 10.2. The Morgan fingerprint density at radius 1 is 1.03 bits per heavy atom. The highest BCUT2D eigenvalue weighted by atomic mass is 35.5. The molecular weight excluding hydrogens is 420 g/mol. The molecule has 4 rings (SSSR count). The molecule has 31 heavy (non-hydrogen) atoms. The first-order valence-electron chi connectivity index (χ1n) is 9.78. The van der Waals surface area contributed by atoms with Crippen LogP contribution in [0.5, 0.6) is 11.8 Å². The number of halogens is 1. The minimum absolute atomic E-state index is 0.106. The maximum absolute atomic E-state index is 13.3. The van der Waals surface area contributed by atoms with Gasteiger partial charge in [-0.25, -0.2) is 4.79 Å². The third kappa shape index (κ3) is 3.99. The molecule has 0 aliphatic heterocycles. The highest BCUT2D eigenvalue weighted by Crippen LogP contribution is 2.30. The van der Waals surface area contributed by atoms with E-state index in [0.717, 1.165) is 10.1 Å². The van der Waals surface area contributed by atoms with Crippen LogP contribution < -0.4 is 16.0 Å². The lowest BCUT2D eigenvalue weighted by Crippen LogP contribution is -2.39. The molecule has 9 heteroatoms. The Bertz CT molecular complexity index is 1340. The lowest BCUT2D eigenvalue weighted by molar-refractivity contribution is 0.277. The summed E-state index contributed by atoms with van der Waals surface area (Å²) in [6.45, 7) is 0.289. The van der Waals surface area contributed by atoms with Crippen molar-refractivity contribution in [3.05, 3.63) is 86.0 Å². The molecule has 0 fully saturated rings. The van der Waals surface area contributed by atoms with Crippen LogP contribution in [0.3, 0.4) is 0 Å². The topological polar surface area (TPSA) is 91.3 Å². The monoisotopic (exact) mass is 440 g/mol. The molecule has 8 nitrogen and oxygen atoms in total. The summed E-state index contributed by atoms with van der Waals surface area (Å²) in [6.07, 6.45) is 0.288. The van der Waals surface area contributed by atoms with Crippen LogP contribution in [0, 0.1) is 0 Å². The average molecular weight is 441 g/mol. The molecule has 160 valence electrons. The Hall–Kier alpha value is -3.36. The van der Waals surface area contributed by atoms with E-state index in [4.69, 9.17) is 21.4 Å². The maximum atomic E-state index is 13.3. The first-order chi connectivity index (χ1) is 15.0. The molecule has 0 unspecified atom stereocenters. The van der Waals surface area contributed by atoms with Gasteiger partial charge in [-0.3, -0.25) is 18.5 Å². The van der Waals surface area contributed by atoms with Gasteiger partial charge in [-0.2, -0.15) is 4.98 Å². The molecule has 0 amide bonds.